The SMILES string of the molecule is S=C(Nc1cccc(Cl)c1Cl)N1CCN(c2ccccn2)CC1. The Balaban J connectivity index is 1.59. The molecule has 1 aliphatic heterocycles. The Kier molecular flexibility index (Phi) is 5.20. The molecule has 1 fully saturated rings. The first-order valence-corrected chi connectivity index (χ1v) is 8.47. The van der Waals surface area contributed by atoms with Crippen molar-refractivity contribution in [1.29, 1.82) is 0 Å². The highest BCUT2D eigenvalue weighted by Gasteiger charge is 2.20. The van der Waals surface area contributed by atoms with Crippen LogP contribution in [0.1, 0.15) is 0 Å². The van der Waals surface area contributed by atoms with E-state index < -0.39 is 0 Å². The van der Waals surface area contributed by atoms with Crippen molar-refractivity contribution in [3.63, 3.8) is 0 Å². The van der Waals surface area contributed by atoms with Crippen LogP contribution in [0.3, 0.4) is 0 Å². The highest BCUT2D eigenvalue weighted by atomic mass is 35.5. The molecule has 1 aromatic heterocycles. The number of benzene rings is 1. The van der Waals surface area contributed by atoms with Gasteiger partial charge in [-0.1, -0.05) is 35.3 Å². The molecule has 0 spiro atoms. The predicted octanol–water partition coefficient (Wildman–Crippen LogP) is 3.91. The fourth-order valence-corrected chi connectivity index (χ4v) is 3.11. The summed E-state index contributed by atoms with van der Waals surface area (Å²) in [5.41, 5.74) is 0.733. The number of halogens is 2. The van der Waals surface area contributed by atoms with Crippen molar-refractivity contribution in [2.24, 2.45) is 0 Å². The number of piperazine rings is 1. The van der Waals surface area contributed by atoms with Crippen LogP contribution in [0.2, 0.25) is 10.0 Å². The lowest BCUT2D eigenvalue weighted by molar-refractivity contribution is 0.389. The van der Waals surface area contributed by atoms with E-state index in [1.807, 2.05) is 36.5 Å². The van der Waals surface area contributed by atoms with Crippen LogP contribution in [0, 0.1) is 0 Å². The van der Waals surface area contributed by atoms with E-state index in [0.29, 0.717) is 15.2 Å². The number of anilines is 2. The molecule has 0 unspecified atom stereocenters. The van der Waals surface area contributed by atoms with Gasteiger partial charge in [0.05, 0.1) is 15.7 Å². The number of hydrogen-bond acceptors (Lipinski definition) is 3. The smallest absolute Gasteiger partial charge is 0.173 e. The van der Waals surface area contributed by atoms with Crippen LogP contribution < -0.4 is 10.2 Å². The van der Waals surface area contributed by atoms with Gasteiger partial charge in [0.25, 0.3) is 0 Å². The zero-order valence-corrected chi connectivity index (χ0v) is 14.7. The fourth-order valence-electron chi connectivity index (χ4n) is 2.47. The molecule has 4 nitrogen and oxygen atoms in total. The van der Waals surface area contributed by atoms with E-state index in [1.165, 1.54) is 0 Å². The third-order valence-corrected chi connectivity index (χ3v) is 4.91. The van der Waals surface area contributed by atoms with Crippen LogP contribution in [0.4, 0.5) is 11.5 Å². The molecule has 0 radical (unpaired) electrons. The summed E-state index contributed by atoms with van der Waals surface area (Å²) in [4.78, 5) is 8.77. The van der Waals surface area contributed by atoms with Gasteiger partial charge in [0.2, 0.25) is 0 Å². The van der Waals surface area contributed by atoms with Gasteiger partial charge in [-0.25, -0.2) is 4.98 Å². The second-order valence-corrected chi connectivity index (χ2v) is 6.37. The van der Waals surface area contributed by atoms with Gasteiger partial charge < -0.3 is 15.1 Å². The molecule has 2 heterocycles. The monoisotopic (exact) mass is 366 g/mol. The molecule has 0 saturated carbocycles. The minimum Gasteiger partial charge on any atom is -0.353 e. The quantitative estimate of drug-likeness (QED) is 0.814. The van der Waals surface area contributed by atoms with Crippen molar-refractivity contribution < 1.29 is 0 Å². The zero-order chi connectivity index (χ0) is 16.2. The van der Waals surface area contributed by atoms with Gasteiger partial charge in [0.15, 0.2) is 5.11 Å². The lowest BCUT2D eigenvalue weighted by Crippen LogP contribution is -2.50. The summed E-state index contributed by atoms with van der Waals surface area (Å²) in [5.74, 6) is 1.00. The second kappa shape index (κ2) is 7.34. The van der Waals surface area contributed by atoms with Crippen LogP contribution in [-0.2, 0) is 0 Å². The minimum absolute atomic E-state index is 0.489. The summed E-state index contributed by atoms with van der Waals surface area (Å²) in [7, 11) is 0. The Bertz CT molecular complexity index is 688. The molecule has 2 aromatic rings. The molecule has 1 aromatic carbocycles. The van der Waals surface area contributed by atoms with Crippen molar-refractivity contribution in [1.82, 2.24) is 9.88 Å². The van der Waals surface area contributed by atoms with Crippen molar-refractivity contribution >= 4 is 52.0 Å². The molecule has 0 amide bonds. The molecule has 120 valence electrons. The Morgan fingerprint density at radius 2 is 1.83 bits per heavy atom. The minimum atomic E-state index is 0.489. The summed E-state index contributed by atoms with van der Waals surface area (Å²) in [5, 5.41) is 4.85. The summed E-state index contributed by atoms with van der Waals surface area (Å²) in [6, 6.07) is 11.4. The Morgan fingerprint density at radius 1 is 1.04 bits per heavy atom. The fraction of sp³-hybridized carbons (Fsp3) is 0.250. The molecule has 0 aliphatic carbocycles. The van der Waals surface area contributed by atoms with Gasteiger partial charge >= 0.3 is 0 Å². The van der Waals surface area contributed by atoms with Gasteiger partial charge in [-0.05, 0) is 36.5 Å². The number of nitrogens with zero attached hydrogens (tertiary/aromatic N) is 3. The highest BCUT2D eigenvalue weighted by molar-refractivity contribution is 7.80. The molecule has 1 N–H and O–H groups in total. The van der Waals surface area contributed by atoms with E-state index >= 15 is 0 Å². The number of hydrogen-bond donors (Lipinski definition) is 1. The molecule has 0 atom stereocenters. The maximum atomic E-state index is 6.19. The largest absolute Gasteiger partial charge is 0.353 e. The summed E-state index contributed by atoms with van der Waals surface area (Å²) in [6.07, 6.45) is 1.81. The van der Waals surface area contributed by atoms with Crippen molar-refractivity contribution in [3.8, 4) is 0 Å². The number of pyridine rings is 1. The Labute approximate surface area is 151 Å². The first kappa shape index (κ1) is 16.3. The topological polar surface area (TPSA) is 31.4 Å². The number of thiocarbonyl (C=S) groups is 1. The first-order chi connectivity index (χ1) is 11.1. The molecule has 3 rings (SSSR count). The van der Waals surface area contributed by atoms with Crippen molar-refractivity contribution in [3.05, 3.63) is 52.6 Å². The third-order valence-electron chi connectivity index (χ3n) is 3.73. The van der Waals surface area contributed by atoms with E-state index in [2.05, 4.69) is 20.1 Å². The first-order valence-electron chi connectivity index (χ1n) is 7.31. The van der Waals surface area contributed by atoms with Gasteiger partial charge in [0.1, 0.15) is 5.82 Å². The van der Waals surface area contributed by atoms with E-state index in [1.54, 1.807) is 6.07 Å². The van der Waals surface area contributed by atoms with Gasteiger partial charge in [-0.2, -0.15) is 0 Å². The van der Waals surface area contributed by atoms with Crippen LogP contribution in [-0.4, -0.2) is 41.2 Å². The molecule has 0 bridgehead atoms. The van der Waals surface area contributed by atoms with E-state index in [-0.39, 0.29) is 0 Å². The van der Waals surface area contributed by atoms with Gasteiger partial charge in [-0.15, -0.1) is 0 Å². The molecule has 1 aliphatic rings. The summed E-state index contributed by atoms with van der Waals surface area (Å²) in [6.45, 7) is 3.42. The average Bonchev–Trinajstić information content (AvgIpc) is 2.60. The average molecular weight is 367 g/mol. The standard InChI is InChI=1S/C16H16Cl2N4S/c17-12-4-3-5-13(15(12)18)20-16(23)22-10-8-21(9-11-22)14-6-1-2-7-19-14/h1-7H,8-11H2,(H,20,23). The summed E-state index contributed by atoms with van der Waals surface area (Å²) >= 11 is 17.7. The van der Waals surface area contributed by atoms with Crippen LogP contribution in [0.5, 0.6) is 0 Å². The Morgan fingerprint density at radius 3 is 2.52 bits per heavy atom. The normalized spacial score (nSPS) is 14.7. The van der Waals surface area contributed by atoms with Crippen molar-refractivity contribution in [2.75, 3.05) is 36.4 Å². The van der Waals surface area contributed by atoms with E-state index in [0.717, 1.165) is 37.7 Å². The van der Waals surface area contributed by atoms with Crippen LogP contribution in [0.25, 0.3) is 0 Å². The number of aromatic nitrogens is 1. The predicted molar refractivity (Wildman–Crippen MR) is 101 cm³/mol. The zero-order valence-electron chi connectivity index (χ0n) is 12.4. The third kappa shape index (κ3) is 3.86. The molecule has 23 heavy (non-hydrogen) atoms. The van der Waals surface area contributed by atoms with Gasteiger partial charge in [0, 0.05) is 32.4 Å². The van der Waals surface area contributed by atoms with Crippen molar-refractivity contribution in [2.45, 2.75) is 0 Å². The summed E-state index contributed by atoms with van der Waals surface area (Å²) < 4.78 is 0. The highest BCUT2D eigenvalue weighted by Crippen LogP contribution is 2.29. The lowest BCUT2D eigenvalue weighted by Gasteiger charge is -2.36. The molecule has 7 heteroatoms. The van der Waals surface area contributed by atoms with E-state index in [9.17, 15) is 0 Å². The molecular formula is C16H16Cl2N4S. The van der Waals surface area contributed by atoms with E-state index in [4.69, 9.17) is 35.4 Å². The van der Waals surface area contributed by atoms with Crippen LogP contribution >= 0.6 is 35.4 Å². The Hall–Kier alpha value is -1.56. The second-order valence-electron chi connectivity index (χ2n) is 5.19. The van der Waals surface area contributed by atoms with Gasteiger partial charge in [-0.3, -0.25) is 0 Å². The number of rotatable bonds is 2. The molecule has 1 saturated heterocycles. The number of nitrogens with one attached hydrogen (secondary N) is 1. The lowest BCUT2D eigenvalue weighted by atomic mass is 10.3. The maximum Gasteiger partial charge on any atom is 0.173 e. The van der Waals surface area contributed by atoms with Crippen LogP contribution in [0.15, 0.2) is 42.6 Å². The maximum absolute atomic E-state index is 6.19. The molecular weight excluding hydrogens is 351 g/mol.